The molecule has 1 aromatic rings. The average molecular weight is 470 g/mol. The van der Waals surface area contributed by atoms with Crippen LogP contribution >= 0.6 is 0 Å². The number of nitrogens with zero attached hydrogens (tertiary/aromatic N) is 2. The van der Waals surface area contributed by atoms with Crippen LogP contribution in [0.4, 0.5) is 10.1 Å². The Labute approximate surface area is 203 Å². The standard InChI is InChI=1S/C28H40FN3O2/c1-19(12-27(34)32-9-7-31(8-10-32)25-6-4-3-5-24(25)29)11-26(33)30-20(2)28-16-21-13-22(17-28)15-23(14-21)18-28/h3-6,19-23H,7-18H2,1-2H3,(H,30,33)/t19-,20-,21?,22?,23?,28?/m0/s1. The monoisotopic (exact) mass is 469 g/mol. The molecule has 5 fully saturated rings. The van der Waals surface area contributed by atoms with Gasteiger partial charge < -0.3 is 15.1 Å². The number of carbonyl (C=O) groups excluding carboxylic acids is 2. The Kier molecular flexibility index (Phi) is 6.60. The Hall–Kier alpha value is -2.11. The number of anilines is 1. The second-order valence-electron chi connectivity index (χ2n) is 11.9. The van der Waals surface area contributed by atoms with Crippen molar-refractivity contribution in [2.24, 2.45) is 29.1 Å². The number of amides is 2. The number of halogens is 1. The molecule has 4 aliphatic carbocycles. The van der Waals surface area contributed by atoms with Gasteiger partial charge >= 0.3 is 0 Å². The summed E-state index contributed by atoms with van der Waals surface area (Å²) in [5.74, 6) is 2.61. The number of benzene rings is 1. The van der Waals surface area contributed by atoms with Gasteiger partial charge in [-0.3, -0.25) is 9.59 Å². The number of nitrogens with one attached hydrogen (secondary N) is 1. The number of piperazine rings is 1. The molecule has 186 valence electrons. The number of para-hydroxylation sites is 1. The van der Waals surface area contributed by atoms with Gasteiger partial charge in [0.15, 0.2) is 0 Å². The highest BCUT2D eigenvalue weighted by Gasteiger charge is 2.53. The highest BCUT2D eigenvalue weighted by molar-refractivity contribution is 5.80. The molecule has 5 nitrogen and oxygen atoms in total. The highest BCUT2D eigenvalue weighted by Crippen LogP contribution is 2.61. The second kappa shape index (κ2) is 9.50. The van der Waals surface area contributed by atoms with Crippen molar-refractivity contribution < 1.29 is 14.0 Å². The molecule has 6 rings (SSSR count). The van der Waals surface area contributed by atoms with Crippen LogP contribution in [0.25, 0.3) is 0 Å². The first-order chi connectivity index (χ1) is 16.3. The summed E-state index contributed by atoms with van der Waals surface area (Å²) in [6.45, 7) is 6.66. The molecule has 4 saturated carbocycles. The van der Waals surface area contributed by atoms with Gasteiger partial charge in [-0.1, -0.05) is 19.1 Å². The summed E-state index contributed by atoms with van der Waals surface area (Å²) in [7, 11) is 0. The summed E-state index contributed by atoms with van der Waals surface area (Å²) in [6.07, 6.45) is 8.87. The van der Waals surface area contributed by atoms with Gasteiger partial charge in [0.2, 0.25) is 11.8 Å². The van der Waals surface area contributed by atoms with Gasteiger partial charge in [0, 0.05) is 45.1 Å². The van der Waals surface area contributed by atoms with Crippen LogP contribution in [0, 0.1) is 34.9 Å². The summed E-state index contributed by atoms with van der Waals surface area (Å²) in [4.78, 5) is 29.6. The number of hydrogen-bond acceptors (Lipinski definition) is 3. The van der Waals surface area contributed by atoms with E-state index in [1.54, 1.807) is 12.1 Å². The van der Waals surface area contributed by atoms with Crippen molar-refractivity contribution in [1.29, 1.82) is 0 Å². The molecule has 4 bridgehead atoms. The van der Waals surface area contributed by atoms with E-state index in [4.69, 9.17) is 0 Å². The molecule has 0 aromatic heterocycles. The van der Waals surface area contributed by atoms with Crippen LogP contribution < -0.4 is 10.2 Å². The average Bonchev–Trinajstić information content (AvgIpc) is 2.78. The van der Waals surface area contributed by atoms with Crippen LogP contribution in [0.15, 0.2) is 24.3 Å². The van der Waals surface area contributed by atoms with Gasteiger partial charge in [0.1, 0.15) is 5.82 Å². The zero-order valence-corrected chi connectivity index (χ0v) is 20.8. The first kappa shape index (κ1) is 23.6. The van der Waals surface area contributed by atoms with Crippen molar-refractivity contribution in [1.82, 2.24) is 10.2 Å². The molecule has 1 N–H and O–H groups in total. The number of hydrogen-bond donors (Lipinski definition) is 1. The molecule has 0 spiro atoms. The predicted octanol–water partition coefficient (Wildman–Crippen LogP) is 4.61. The van der Waals surface area contributed by atoms with E-state index in [1.807, 2.05) is 22.8 Å². The lowest BCUT2D eigenvalue weighted by molar-refractivity contribution is -0.133. The summed E-state index contributed by atoms with van der Waals surface area (Å²) < 4.78 is 14.1. The van der Waals surface area contributed by atoms with Gasteiger partial charge in [0.25, 0.3) is 0 Å². The summed E-state index contributed by atoms with van der Waals surface area (Å²) in [5.41, 5.74) is 0.911. The number of carbonyl (C=O) groups is 2. The van der Waals surface area contributed by atoms with Gasteiger partial charge in [-0.15, -0.1) is 0 Å². The molecule has 1 aromatic carbocycles. The predicted molar refractivity (Wildman–Crippen MR) is 132 cm³/mol. The first-order valence-corrected chi connectivity index (χ1v) is 13.4. The van der Waals surface area contributed by atoms with Crippen LogP contribution in [-0.2, 0) is 9.59 Å². The van der Waals surface area contributed by atoms with Crippen molar-refractivity contribution in [3.63, 3.8) is 0 Å². The van der Waals surface area contributed by atoms with E-state index < -0.39 is 0 Å². The highest BCUT2D eigenvalue weighted by atomic mass is 19.1. The molecule has 1 saturated heterocycles. The minimum Gasteiger partial charge on any atom is -0.366 e. The van der Waals surface area contributed by atoms with Gasteiger partial charge in [-0.25, -0.2) is 4.39 Å². The Morgan fingerprint density at radius 1 is 0.971 bits per heavy atom. The third kappa shape index (κ3) is 4.83. The Morgan fingerprint density at radius 2 is 1.56 bits per heavy atom. The van der Waals surface area contributed by atoms with E-state index in [0.717, 1.165) is 17.8 Å². The molecular weight excluding hydrogens is 429 g/mol. The molecule has 2 amide bonds. The molecule has 5 aliphatic rings. The van der Waals surface area contributed by atoms with Crippen LogP contribution in [0.1, 0.15) is 65.2 Å². The van der Waals surface area contributed by atoms with Crippen LogP contribution in [-0.4, -0.2) is 48.9 Å². The molecule has 2 atom stereocenters. The number of rotatable bonds is 7. The quantitative estimate of drug-likeness (QED) is 0.634. The smallest absolute Gasteiger partial charge is 0.222 e. The minimum atomic E-state index is -0.218. The fourth-order valence-electron chi connectivity index (χ4n) is 7.88. The maximum absolute atomic E-state index is 14.1. The second-order valence-corrected chi connectivity index (χ2v) is 11.9. The zero-order chi connectivity index (χ0) is 23.9. The fraction of sp³-hybridized carbons (Fsp3) is 0.714. The van der Waals surface area contributed by atoms with Crippen molar-refractivity contribution >= 4 is 17.5 Å². The Balaban J connectivity index is 1.07. The largest absolute Gasteiger partial charge is 0.366 e. The normalized spacial score (nSPS) is 31.9. The van der Waals surface area contributed by atoms with Crippen molar-refractivity contribution in [2.75, 3.05) is 31.1 Å². The SMILES string of the molecule is C[C@@H](CC(=O)N[C@@H](C)C12CC3CC(CC(C3)C1)C2)CC(=O)N1CCN(c2ccccc2F)CC1. The lowest BCUT2D eigenvalue weighted by Gasteiger charge is -2.59. The van der Waals surface area contributed by atoms with E-state index >= 15 is 0 Å². The van der Waals surface area contributed by atoms with Crippen LogP contribution in [0.3, 0.4) is 0 Å². The summed E-state index contributed by atoms with van der Waals surface area (Å²) in [6, 6.07) is 7.02. The van der Waals surface area contributed by atoms with Gasteiger partial charge in [-0.05, 0) is 86.7 Å². The third-order valence-electron chi connectivity index (χ3n) is 9.26. The molecule has 6 heteroatoms. The molecule has 1 aliphatic heterocycles. The van der Waals surface area contributed by atoms with E-state index in [-0.39, 0.29) is 29.6 Å². The van der Waals surface area contributed by atoms with Crippen LogP contribution in [0.2, 0.25) is 0 Å². The maximum atomic E-state index is 14.1. The van der Waals surface area contributed by atoms with Crippen molar-refractivity contribution in [3.05, 3.63) is 30.1 Å². The topological polar surface area (TPSA) is 52.7 Å². The Morgan fingerprint density at radius 3 is 2.15 bits per heavy atom. The van der Waals surface area contributed by atoms with E-state index in [2.05, 4.69) is 12.2 Å². The molecule has 0 radical (unpaired) electrons. The molecular formula is C28H40FN3O2. The van der Waals surface area contributed by atoms with Crippen molar-refractivity contribution in [3.8, 4) is 0 Å². The zero-order valence-electron chi connectivity index (χ0n) is 20.8. The summed E-state index contributed by atoms with van der Waals surface area (Å²) >= 11 is 0. The van der Waals surface area contributed by atoms with E-state index in [1.165, 1.54) is 44.6 Å². The fourth-order valence-corrected chi connectivity index (χ4v) is 7.88. The molecule has 0 unspecified atom stereocenters. The van der Waals surface area contributed by atoms with Crippen molar-refractivity contribution in [2.45, 2.75) is 71.3 Å². The lowest BCUT2D eigenvalue weighted by Crippen LogP contribution is -2.56. The molecule has 34 heavy (non-hydrogen) atoms. The molecule has 1 heterocycles. The van der Waals surface area contributed by atoms with Crippen LogP contribution in [0.5, 0.6) is 0 Å². The first-order valence-electron chi connectivity index (χ1n) is 13.4. The van der Waals surface area contributed by atoms with E-state index in [0.29, 0.717) is 50.1 Å². The van der Waals surface area contributed by atoms with Gasteiger partial charge in [0.05, 0.1) is 5.69 Å². The Bertz CT molecular complexity index is 875. The van der Waals surface area contributed by atoms with E-state index in [9.17, 15) is 14.0 Å². The minimum absolute atomic E-state index is 0.0145. The van der Waals surface area contributed by atoms with Gasteiger partial charge in [-0.2, -0.15) is 0 Å². The third-order valence-corrected chi connectivity index (χ3v) is 9.26. The lowest BCUT2D eigenvalue weighted by atomic mass is 9.48. The maximum Gasteiger partial charge on any atom is 0.222 e. The summed E-state index contributed by atoms with van der Waals surface area (Å²) in [5, 5.41) is 3.34.